The highest BCUT2D eigenvalue weighted by Gasteiger charge is 2.47. The van der Waals surface area contributed by atoms with Crippen molar-refractivity contribution < 1.29 is 32.4 Å². The maximum atomic E-state index is 13.3. The minimum Gasteiger partial charge on any atom is -0.453 e. The number of carbonyl (C=O) groups is 1. The Balaban J connectivity index is 2.13. The Morgan fingerprint density at radius 1 is 1.11 bits per heavy atom. The van der Waals surface area contributed by atoms with Gasteiger partial charge in [-0.25, -0.2) is 4.98 Å². The number of nitro groups is 1. The molecule has 0 radical (unpaired) electrons. The molecule has 14 heteroatoms. The highest BCUT2D eigenvalue weighted by Crippen LogP contribution is 2.42. The summed E-state index contributed by atoms with van der Waals surface area (Å²) < 4.78 is 50.0. The molecule has 0 aliphatic rings. The normalized spacial score (nSPS) is 12.9. The number of nitrogens with zero attached hydrogens (tertiary/aromatic N) is 3. The van der Waals surface area contributed by atoms with Crippen LogP contribution in [0.3, 0.4) is 0 Å². The minimum absolute atomic E-state index is 0.108. The molecule has 3 rings (SSSR count). The highest BCUT2D eigenvalue weighted by molar-refractivity contribution is 6.35. The van der Waals surface area contributed by atoms with Gasteiger partial charge in [0.05, 0.1) is 15.5 Å². The fourth-order valence-electron chi connectivity index (χ4n) is 3.28. The van der Waals surface area contributed by atoms with Gasteiger partial charge < -0.3 is 9.47 Å². The second-order valence-corrected chi connectivity index (χ2v) is 9.29. The van der Waals surface area contributed by atoms with Crippen LogP contribution in [0.4, 0.5) is 18.9 Å². The first-order valence-corrected chi connectivity index (χ1v) is 11.6. The van der Waals surface area contributed by atoms with Gasteiger partial charge >= 0.3 is 11.9 Å². The van der Waals surface area contributed by atoms with Gasteiger partial charge in [0.25, 0.3) is 5.60 Å². The topological polar surface area (TPSA) is 115 Å². The van der Waals surface area contributed by atoms with E-state index >= 15 is 0 Å². The van der Waals surface area contributed by atoms with Gasteiger partial charge in [-0.2, -0.15) is 18.4 Å². The van der Waals surface area contributed by atoms with Crippen LogP contribution in [0.15, 0.2) is 48.7 Å². The van der Waals surface area contributed by atoms with Crippen LogP contribution in [0.25, 0.3) is 0 Å². The van der Waals surface area contributed by atoms with Gasteiger partial charge in [-0.15, -0.1) is 0 Å². The first-order valence-electron chi connectivity index (χ1n) is 10.5. The number of halogens is 6. The molecular formula is C24H15Cl3F3N3O5. The Kier molecular flexibility index (Phi) is 8.41. The molecule has 0 saturated carbocycles. The number of hydrogen-bond donors (Lipinski definition) is 0. The first kappa shape index (κ1) is 29.0. The molecule has 0 aliphatic heterocycles. The first-order chi connectivity index (χ1) is 17.7. The smallest absolute Gasteiger partial charge is 0.417 e. The summed E-state index contributed by atoms with van der Waals surface area (Å²) in [4.78, 5) is 27.8. The fourth-order valence-corrected chi connectivity index (χ4v) is 4.03. The Labute approximate surface area is 228 Å². The van der Waals surface area contributed by atoms with Crippen molar-refractivity contribution in [1.29, 1.82) is 5.26 Å². The van der Waals surface area contributed by atoms with E-state index in [1.165, 1.54) is 32.0 Å². The van der Waals surface area contributed by atoms with Crippen molar-refractivity contribution in [2.75, 3.05) is 0 Å². The number of rotatable bonds is 8. The summed E-state index contributed by atoms with van der Waals surface area (Å²) in [5.74, 6) is -2.76. The van der Waals surface area contributed by atoms with Crippen molar-refractivity contribution >= 4 is 46.3 Å². The Morgan fingerprint density at radius 2 is 1.79 bits per heavy atom. The number of aromatic nitrogens is 1. The van der Waals surface area contributed by atoms with E-state index in [1.807, 2.05) is 0 Å². The Bertz CT molecular complexity index is 1460. The molecule has 1 atom stereocenters. The zero-order valence-electron chi connectivity index (χ0n) is 19.3. The molecule has 0 N–H and O–H groups in total. The summed E-state index contributed by atoms with van der Waals surface area (Å²) in [7, 11) is 0. The second kappa shape index (κ2) is 11.0. The van der Waals surface area contributed by atoms with Gasteiger partial charge in [0.2, 0.25) is 11.6 Å². The molecule has 2 aromatic carbocycles. The van der Waals surface area contributed by atoms with Crippen LogP contribution in [0.1, 0.15) is 25.0 Å². The third-order valence-electron chi connectivity index (χ3n) is 5.08. The fraction of sp³-hybridized carbons (Fsp3) is 0.208. The Hall–Kier alpha value is -3.59. The molecule has 0 amide bonds. The van der Waals surface area contributed by atoms with E-state index in [9.17, 15) is 33.3 Å². The third kappa shape index (κ3) is 5.93. The molecule has 1 unspecified atom stereocenters. The summed E-state index contributed by atoms with van der Waals surface area (Å²) in [6.45, 7) is 2.99. The van der Waals surface area contributed by atoms with Crippen molar-refractivity contribution in [3.05, 3.63) is 85.0 Å². The van der Waals surface area contributed by atoms with Gasteiger partial charge in [-0.1, -0.05) is 54.7 Å². The van der Waals surface area contributed by atoms with Gasteiger partial charge in [-0.3, -0.25) is 14.9 Å². The zero-order chi connectivity index (χ0) is 28.4. The highest BCUT2D eigenvalue weighted by atomic mass is 35.5. The van der Waals surface area contributed by atoms with E-state index in [0.29, 0.717) is 12.3 Å². The maximum absolute atomic E-state index is 13.3. The predicted molar refractivity (Wildman–Crippen MR) is 132 cm³/mol. The quantitative estimate of drug-likeness (QED) is 0.195. The van der Waals surface area contributed by atoms with Gasteiger partial charge in [0.15, 0.2) is 5.78 Å². The molecule has 0 fully saturated rings. The number of Topliss-reactive ketones (excluding diaryl/α,β-unsaturated/α-hetero) is 1. The molecule has 1 aromatic heterocycles. The van der Waals surface area contributed by atoms with Crippen molar-refractivity contribution in [2.45, 2.75) is 25.6 Å². The molecule has 0 saturated heterocycles. The maximum Gasteiger partial charge on any atom is 0.417 e. The largest absolute Gasteiger partial charge is 0.453 e. The third-order valence-corrected chi connectivity index (χ3v) is 5.90. The minimum atomic E-state index is -4.70. The number of benzene rings is 2. The van der Waals surface area contributed by atoms with Crippen molar-refractivity contribution in [1.82, 2.24) is 4.98 Å². The second-order valence-electron chi connectivity index (χ2n) is 8.04. The number of pyridine rings is 1. The molecule has 8 nitrogen and oxygen atoms in total. The molecule has 1 heterocycles. The number of hydrogen-bond acceptors (Lipinski definition) is 7. The molecule has 0 spiro atoms. The summed E-state index contributed by atoms with van der Waals surface area (Å²) >= 11 is 18.1. The molecule has 38 heavy (non-hydrogen) atoms. The van der Waals surface area contributed by atoms with E-state index < -0.39 is 56.3 Å². The lowest BCUT2D eigenvalue weighted by molar-refractivity contribution is -0.386. The van der Waals surface area contributed by atoms with Crippen molar-refractivity contribution in [3.8, 4) is 23.4 Å². The summed E-state index contributed by atoms with van der Waals surface area (Å²) in [5.41, 5.74) is -4.32. The van der Waals surface area contributed by atoms with Crippen LogP contribution in [-0.2, 0) is 16.6 Å². The monoisotopic (exact) mass is 587 g/mol. The lowest BCUT2D eigenvalue weighted by atomic mass is 9.85. The zero-order valence-corrected chi connectivity index (χ0v) is 21.6. The molecule has 3 aromatic rings. The van der Waals surface area contributed by atoms with Crippen LogP contribution in [0, 0.1) is 27.4 Å². The van der Waals surface area contributed by atoms with E-state index in [1.54, 1.807) is 6.07 Å². The van der Waals surface area contributed by atoms with E-state index in [-0.39, 0.29) is 21.4 Å². The Morgan fingerprint density at radius 3 is 2.32 bits per heavy atom. The van der Waals surface area contributed by atoms with Crippen LogP contribution < -0.4 is 9.47 Å². The van der Waals surface area contributed by atoms with Gasteiger partial charge in [0.1, 0.15) is 16.8 Å². The van der Waals surface area contributed by atoms with E-state index in [2.05, 4.69) is 4.98 Å². The van der Waals surface area contributed by atoms with E-state index in [0.717, 1.165) is 18.2 Å². The van der Waals surface area contributed by atoms with Crippen LogP contribution in [0.2, 0.25) is 15.1 Å². The molecular weight excluding hydrogens is 574 g/mol. The lowest BCUT2D eigenvalue weighted by Crippen LogP contribution is -2.43. The summed E-state index contributed by atoms with van der Waals surface area (Å²) in [6, 6.07) is 9.32. The van der Waals surface area contributed by atoms with Crippen LogP contribution in [0.5, 0.6) is 17.4 Å². The average molecular weight is 589 g/mol. The molecule has 198 valence electrons. The van der Waals surface area contributed by atoms with Crippen LogP contribution in [-0.4, -0.2) is 15.7 Å². The van der Waals surface area contributed by atoms with Crippen molar-refractivity contribution in [2.24, 2.45) is 5.92 Å². The molecule has 0 aliphatic carbocycles. The molecule has 0 bridgehead atoms. The number of nitro benzene ring substituents is 1. The number of ether oxygens (including phenoxy) is 2. The standard InChI is InChI=1S/C24H15Cl3F3N3O5/c1-12(2)21(34)23(11-31,16-5-3-14(25)8-17(16)26)38-20-9-15(4-6-19(20)33(35)36)37-22-18(27)7-13(10-32-22)24(28,29)30/h3-10,12H,1-2H3. The number of carbonyl (C=O) groups excluding carboxylic acids is 1. The van der Waals surface area contributed by atoms with Gasteiger partial charge in [0, 0.05) is 34.8 Å². The summed E-state index contributed by atoms with van der Waals surface area (Å²) in [6.07, 6.45) is -4.20. The van der Waals surface area contributed by atoms with Gasteiger partial charge in [-0.05, 0) is 24.3 Å². The lowest BCUT2D eigenvalue weighted by Gasteiger charge is -2.29. The summed E-state index contributed by atoms with van der Waals surface area (Å²) in [5, 5.41) is 21.5. The van der Waals surface area contributed by atoms with Crippen LogP contribution >= 0.6 is 34.8 Å². The number of nitriles is 1. The van der Waals surface area contributed by atoms with E-state index in [4.69, 9.17) is 44.3 Å². The SMILES string of the molecule is CC(C)C(=O)C(C#N)(Oc1cc(Oc2ncc(C(F)(F)F)cc2Cl)ccc1[N+](=O)[O-])c1ccc(Cl)cc1Cl. The predicted octanol–water partition coefficient (Wildman–Crippen LogP) is 7.78. The number of ketones is 1. The average Bonchev–Trinajstić information content (AvgIpc) is 2.83. The van der Waals surface area contributed by atoms with Crippen molar-refractivity contribution in [3.63, 3.8) is 0 Å². The number of alkyl halides is 3.